The van der Waals surface area contributed by atoms with Crippen molar-refractivity contribution < 1.29 is 4.74 Å². The van der Waals surface area contributed by atoms with Crippen LogP contribution < -0.4 is 9.64 Å². The minimum atomic E-state index is 0.379. The molecule has 0 aromatic carbocycles. The zero-order chi connectivity index (χ0) is 17.2. The molecule has 0 unspecified atom stereocenters. The number of aromatic nitrogens is 5. The normalized spacial score (nSPS) is 12.9. The lowest BCUT2D eigenvalue weighted by atomic mass is 10.2. The molecule has 4 heterocycles. The molecule has 1 aliphatic rings. The second kappa shape index (κ2) is 6.13. The number of pyridine rings is 1. The molecule has 0 aliphatic carbocycles. The van der Waals surface area contributed by atoms with Crippen molar-refractivity contribution in [3.05, 3.63) is 48.2 Å². The largest absolute Gasteiger partial charge is 0.486 e. The Labute approximate surface area is 143 Å². The highest BCUT2D eigenvalue weighted by Gasteiger charge is 2.25. The zero-order valence-electron chi connectivity index (χ0n) is 13.4. The van der Waals surface area contributed by atoms with Crippen LogP contribution in [0.2, 0.25) is 0 Å². The Hall–Kier alpha value is -3.60. The van der Waals surface area contributed by atoms with Crippen LogP contribution in [0.3, 0.4) is 0 Å². The van der Waals surface area contributed by atoms with Gasteiger partial charge in [-0.05, 0) is 19.1 Å². The van der Waals surface area contributed by atoms with E-state index in [4.69, 9.17) is 4.74 Å². The van der Waals surface area contributed by atoms with E-state index in [1.165, 1.54) is 12.5 Å². The van der Waals surface area contributed by atoms with Gasteiger partial charge >= 0.3 is 0 Å². The number of nitriles is 1. The van der Waals surface area contributed by atoms with Crippen LogP contribution in [-0.2, 0) is 0 Å². The molecule has 0 N–H and O–H groups in total. The van der Waals surface area contributed by atoms with Gasteiger partial charge in [-0.2, -0.15) is 5.26 Å². The Balaban J connectivity index is 1.83. The summed E-state index contributed by atoms with van der Waals surface area (Å²) in [6.45, 7) is 2.89. The molecule has 8 nitrogen and oxygen atoms in total. The van der Waals surface area contributed by atoms with E-state index in [0.29, 0.717) is 47.6 Å². The van der Waals surface area contributed by atoms with Gasteiger partial charge in [-0.1, -0.05) is 6.07 Å². The summed E-state index contributed by atoms with van der Waals surface area (Å²) < 4.78 is 5.65. The highest BCUT2D eigenvalue weighted by Crippen LogP contribution is 2.35. The van der Waals surface area contributed by atoms with Gasteiger partial charge in [-0.15, -0.1) is 0 Å². The summed E-state index contributed by atoms with van der Waals surface area (Å²) in [5.41, 5.74) is 1.94. The van der Waals surface area contributed by atoms with Crippen LogP contribution in [0, 0.1) is 18.3 Å². The van der Waals surface area contributed by atoms with Crippen LogP contribution in [0.25, 0.3) is 11.5 Å². The molecule has 122 valence electrons. The quantitative estimate of drug-likeness (QED) is 0.703. The third-order valence-electron chi connectivity index (χ3n) is 3.75. The molecule has 0 amide bonds. The maximum Gasteiger partial charge on any atom is 0.181 e. The van der Waals surface area contributed by atoms with Crippen LogP contribution in [0.5, 0.6) is 5.75 Å². The Morgan fingerprint density at radius 1 is 1.16 bits per heavy atom. The van der Waals surface area contributed by atoms with Crippen molar-refractivity contribution in [3.63, 3.8) is 0 Å². The van der Waals surface area contributed by atoms with E-state index in [0.717, 1.165) is 5.69 Å². The van der Waals surface area contributed by atoms with Crippen LogP contribution in [0.4, 0.5) is 11.6 Å². The molecule has 3 aromatic rings. The van der Waals surface area contributed by atoms with Crippen LogP contribution >= 0.6 is 0 Å². The Kier molecular flexibility index (Phi) is 3.67. The lowest BCUT2D eigenvalue weighted by molar-refractivity contribution is 0.310. The first kappa shape index (κ1) is 15.0. The van der Waals surface area contributed by atoms with Crippen molar-refractivity contribution in [2.45, 2.75) is 6.92 Å². The Bertz CT molecular complexity index is 983. The number of nitrogens with zero attached hydrogens (tertiary/aromatic N) is 7. The highest BCUT2D eigenvalue weighted by atomic mass is 16.5. The molecule has 1 aliphatic heterocycles. The SMILES string of the molecule is Cc1cccc(-c2ncc3c(n2)N(c2ncncc2C#N)CCO3)n1. The van der Waals surface area contributed by atoms with E-state index in [1.54, 1.807) is 6.20 Å². The van der Waals surface area contributed by atoms with Crippen molar-refractivity contribution in [3.8, 4) is 23.3 Å². The summed E-state index contributed by atoms with van der Waals surface area (Å²) >= 11 is 0. The van der Waals surface area contributed by atoms with Crippen molar-refractivity contribution >= 4 is 11.6 Å². The molecule has 3 aromatic heterocycles. The second-order valence-electron chi connectivity index (χ2n) is 5.42. The summed E-state index contributed by atoms with van der Waals surface area (Å²) in [4.78, 5) is 23.4. The smallest absolute Gasteiger partial charge is 0.181 e. The van der Waals surface area contributed by atoms with Gasteiger partial charge in [0.05, 0.1) is 18.9 Å². The van der Waals surface area contributed by atoms with Gasteiger partial charge in [0.25, 0.3) is 0 Å². The van der Waals surface area contributed by atoms with Gasteiger partial charge < -0.3 is 9.64 Å². The zero-order valence-corrected chi connectivity index (χ0v) is 13.4. The van der Waals surface area contributed by atoms with Gasteiger partial charge in [-0.25, -0.2) is 24.9 Å². The standard InChI is InChI=1S/C17H13N7O/c1-11-3-2-4-13(22-11)15-20-9-14-17(23-15)24(5-6-25-14)16-12(7-18)8-19-10-21-16/h2-4,8-10H,5-6H2,1H3. The predicted octanol–water partition coefficient (Wildman–Crippen LogP) is 2.04. The molecule has 0 saturated heterocycles. The molecule has 0 radical (unpaired) electrons. The second-order valence-corrected chi connectivity index (χ2v) is 5.42. The average Bonchev–Trinajstić information content (AvgIpc) is 2.67. The topological polar surface area (TPSA) is 101 Å². The monoisotopic (exact) mass is 331 g/mol. The number of hydrogen-bond donors (Lipinski definition) is 0. The van der Waals surface area contributed by atoms with Gasteiger partial charge in [0, 0.05) is 5.69 Å². The maximum atomic E-state index is 9.33. The number of aryl methyl sites for hydroxylation is 1. The highest BCUT2D eigenvalue weighted by molar-refractivity contribution is 5.69. The molecule has 0 fully saturated rings. The van der Waals surface area contributed by atoms with Gasteiger partial charge in [-0.3, -0.25) is 0 Å². The summed E-state index contributed by atoms with van der Waals surface area (Å²) in [6, 6.07) is 7.79. The van der Waals surface area contributed by atoms with Crippen LogP contribution in [-0.4, -0.2) is 38.1 Å². The van der Waals surface area contributed by atoms with E-state index in [1.807, 2.05) is 30.0 Å². The summed E-state index contributed by atoms with van der Waals surface area (Å²) in [5, 5.41) is 9.33. The lowest BCUT2D eigenvalue weighted by Crippen LogP contribution is -2.31. The number of ether oxygens (including phenoxy) is 1. The Morgan fingerprint density at radius 3 is 2.92 bits per heavy atom. The van der Waals surface area contributed by atoms with Gasteiger partial charge in [0.1, 0.15) is 30.3 Å². The minimum Gasteiger partial charge on any atom is -0.486 e. The molecule has 0 atom stereocenters. The van der Waals surface area contributed by atoms with Crippen molar-refractivity contribution in [1.29, 1.82) is 5.26 Å². The van der Waals surface area contributed by atoms with Crippen molar-refractivity contribution in [1.82, 2.24) is 24.9 Å². The molecule has 0 bridgehead atoms. The molecule has 0 saturated carbocycles. The molecular weight excluding hydrogens is 318 g/mol. The summed E-state index contributed by atoms with van der Waals surface area (Å²) in [5.74, 6) is 2.11. The summed E-state index contributed by atoms with van der Waals surface area (Å²) in [7, 11) is 0. The molecular formula is C17H13N7O. The number of fused-ring (bicyclic) bond motifs is 1. The molecule has 25 heavy (non-hydrogen) atoms. The van der Waals surface area contributed by atoms with Crippen LogP contribution in [0.15, 0.2) is 36.9 Å². The van der Waals surface area contributed by atoms with Crippen molar-refractivity contribution in [2.24, 2.45) is 0 Å². The predicted molar refractivity (Wildman–Crippen MR) is 89.2 cm³/mol. The van der Waals surface area contributed by atoms with E-state index in [-0.39, 0.29) is 0 Å². The molecule has 8 heteroatoms. The first-order valence-electron chi connectivity index (χ1n) is 7.68. The fraction of sp³-hybridized carbons (Fsp3) is 0.176. The summed E-state index contributed by atoms with van der Waals surface area (Å²) in [6.07, 6.45) is 4.53. The van der Waals surface area contributed by atoms with E-state index in [2.05, 4.69) is 31.0 Å². The lowest BCUT2D eigenvalue weighted by Gasteiger charge is -2.29. The van der Waals surface area contributed by atoms with E-state index in [9.17, 15) is 5.26 Å². The van der Waals surface area contributed by atoms with Gasteiger partial charge in [0.2, 0.25) is 0 Å². The fourth-order valence-electron chi connectivity index (χ4n) is 2.62. The minimum absolute atomic E-state index is 0.379. The molecule has 0 spiro atoms. The number of anilines is 2. The third kappa shape index (κ3) is 2.72. The average molecular weight is 331 g/mol. The molecule has 4 rings (SSSR count). The van der Waals surface area contributed by atoms with E-state index < -0.39 is 0 Å². The number of hydrogen-bond acceptors (Lipinski definition) is 8. The van der Waals surface area contributed by atoms with Gasteiger partial charge in [0.15, 0.2) is 23.2 Å². The first-order chi connectivity index (χ1) is 12.3. The fourth-order valence-corrected chi connectivity index (χ4v) is 2.62. The number of rotatable bonds is 2. The first-order valence-corrected chi connectivity index (χ1v) is 7.68. The van der Waals surface area contributed by atoms with Crippen molar-refractivity contribution in [2.75, 3.05) is 18.1 Å². The maximum absolute atomic E-state index is 9.33. The van der Waals surface area contributed by atoms with E-state index >= 15 is 0 Å². The Morgan fingerprint density at radius 2 is 2.08 bits per heavy atom. The third-order valence-corrected chi connectivity index (χ3v) is 3.75. The van der Waals surface area contributed by atoms with Crippen LogP contribution in [0.1, 0.15) is 11.3 Å².